The van der Waals surface area contributed by atoms with E-state index in [0.717, 1.165) is 70.0 Å². The van der Waals surface area contributed by atoms with Gasteiger partial charge in [-0.2, -0.15) is 5.10 Å². The van der Waals surface area contributed by atoms with Gasteiger partial charge in [0.25, 0.3) is 0 Å². The summed E-state index contributed by atoms with van der Waals surface area (Å²) in [6.45, 7) is 0. The molecule has 5 aromatic heterocycles. The smallest absolute Gasteiger partial charge is 0.210 e. The fourth-order valence-electron chi connectivity index (χ4n) is 5.73. The zero-order valence-corrected chi connectivity index (χ0v) is 19.1. The number of fused-ring (bicyclic) bond motifs is 4. The van der Waals surface area contributed by atoms with Crippen molar-refractivity contribution >= 4 is 44.6 Å². The van der Waals surface area contributed by atoms with E-state index in [1.165, 1.54) is 0 Å². The summed E-state index contributed by atoms with van der Waals surface area (Å²) in [7, 11) is 0. The number of hydrogen-bond acceptors (Lipinski definition) is 7. The number of carbonyl (C=O) groups is 1. The summed E-state index contributed by atoms with van der Waals surface area (Å²) >= 11 is 1.64. The Kier molecular flexibility index (Phi) is 4.29. The molecule has 2 aliphatic heterocycles. The van der Waals surface area contributed by atoms with Crippen molar-refractivity contribution in [3.8, 4) is 22.5 Å². The maximum Gasteiger partial charge on any atom is 0.210 e. The molecule has 2 bridgehead atoms. The van der Waals surface area contributed by atoms with E-state index >= 15 is 0 Å². The first-order chi connectivity index (χ1) is 16.7. The third kappa shape index (κ3) is 2.89. The van der Waals surface area contributed by atoms with Gasteiger partial charge in [-0.05, 0) is 37.8 Å². The number of anilines is 1. The van der Waals surface area contributed by atoms with E-state index in [2.05, 4.69) is 26.2 Å². The van der Waals surface area contributed by atoms with E-state index in [1.807, 2.05) is 29.4 Å². The number of carbonyl (C=O) groups excluding carboxylic acids is 1. The maximum absolute atomic E-state index is 11.4. The summed E-state index contributed by atoms with van der Waals surface area (Å²) < 4.78 is 9.40. The lowest BCUT2D eigenvalue weighted by molar-refractivity contribution is -0.122. The van der Waals surface area contributed by atoms with Crippen molar-refractivity contribution in [3.05, 3.63) is 48.5 Å². The van der Waals surface area contributed by atoms with Crippen molar-refractivity contribution in [2.75, 3.05) is 5.73 Å². The van der Waals surface area contributed by atoms with Crippen LogP contribution in [0.4, 0.5) is 5.82 Å². The Labute approximate surface area is 199 Å². The summed E-state index contributed by atoms with van der Waals surface area (Å²) in [6, 6.07) is 5.00. The van der Waals surface area contributed by atoms with Crippen LogP contribution in [0.1, 0.15) is 31.7 Å². The van der Waals surface area contributed by atoms with Crippen LogP contribution in [-0.2, 0) is 4.79 Å². The van der Waals surface area contributed by atoms with Gasteiger partial charge in [0.05, 0.1) is 16.9 Å². The van der Waals surface area contributed by atoms with Gasteiger partial charge >= 0.3 is 0 Å². The van der Waals surface area contributed by atoms with Crippen molar-refractivity contribution in [1.82, 2.24) is 24.6 Å². The average Bonchev–Trinajstić information content (AvgIpc) is 3.63. The number of nitrogen functional groups attached to an aromatic ring is 1. The van der Waals surface area contributed by atoms with Gasteiger partial charge in [-0.25, -0.2) is 4.98 Å². The average molecular weight is 471 g/mol. The van der Waals surface area contributed by atoms with Gasteiger partial charge in [0.1, 0.15) is 5.76 Å². The summed E-state index contributed by atoms with van der Waals surface area (Å²) in [6.07, 6.45) is 14.5. The number of aromatic nitrogens is 4. The number of hydrogen-bond donors (Lipinski definition) is 1. The van der Waals surface area contributed by atoms with E-state index < -0.39 is 0 Å². The predicted octanol–water partition coefficient (Wildman–Crippen LogP) is 4.87. The minimum atomic E-state index is 0.297. The lowest BCUT2D eigenvalue weighted by Crippen LogP contribution is -2.42. The molecule has 7 heterocycles. The molecule has 2 aliphatic rings. The molecule has 2 atom stereocenters. The summed E-state index contributed by atoms with van der Waals surface area (Å²) in [5.41, 5.74) is 9.74. The molecular formula is C25H22N6O2S. The fraction of sp³-hybridized carbons (Fsp3) is 0.280. The molecule has 0 spiro atoms. The molecule has 2 fully saturated rings. The standard InChI is InChI=1S/C25H22N6O2S/c26-25-24-19(7-22(33-24)21-12-34-23-10-27-4-3-18(21)23)20(9-28-25)14-8-29-31(11-14)17-5-15-1-2-16(6-17)30(15)13-32/h3-4,7-13,15-17H,1-2,5-6H2,(H2,26,28). The van der Waals surface area contributed by atoms with Gasteiger partial charge in [0, 0.05) is 69.7 Å². The van der Waals surface area contributed by atoms with Crippen LogP contribution in [0.15, 0.2) is 52.9 Å². The first kappa shape index (κ1) is 19.7. The highest BCUT2D eigenvalue weighted by molar-refractivity contribution is 7.17. The Morgan fingerprint density at radius 1 is 1.09 bits per heavy atom. The number of nitrogens with zero attached hydrogens (tertiary/aromatic N) is 5. The Morgan fingerprint density at radius 3 is 2.76 bits per heavy atom. The number of furan rings is 1. The Hall–Kier alpha value is -3.72. The zero-order chi connectivity index (χ0) is 22.8. The van der Waals surface area contributed by atoms with Crippen molar-refractivity contribution < 1.29 is 9.21 Å². The number of piperidine rings is 1. The minimum Gasteiger partial charge on any atom is -0.452 e. The highest BCUT2D eigenvalue weighted by Crippen LogP contribution is 2.42. The molecule has 0 radical (unpaired) electrons. The molecule has 0 aliphatic carbocycles. The van der Waals surface area contributed by atoms with E-state index in [-0.39, 0.29) is 0 Å². The molecular weight excluding hydrogens is 448 g/mol. The molecule has 9 heteroatoms. The van der Waals surface area contributed by atoms with Crippen LogP contribution in [0.25, 0.3) is 43.5 Å². The monoisotopic (exact) mass is 470 g/mol. The van der Waals surface area contributed by atoms with Gasteiger partial charge in [0.2, 0.25) is 6.41 Å². The molecule has 7 rings (SSSR count). The molecule has 0 saturated carbocycles. The molecule has 8 nitrogen and oxygen atoms in total. The second-order valence-electron chi connectivity index (χ2n) is 9.20. The van der Waals surface area contributed by atoms with Gasteiger partial charge in [-0.15, -0.1) is 11.3 Å². The summed E-state index contributed by atoms with van der Waals surface area (Å²) in [5.74, 6) is 1.13. The quantitative estimate of drug-likeness (QED) is 0.376. The third-order valence-electron chi connectivity index (χ3n) is 7.40. The summed E-state index contributed by atoms with van der Waals surface area (Å²) in [5, 5.41) is 8.82. The zero-order valence-electron chi connectivity index (χ0n) is 18.3. The van der Waals surface area contributed by atoms with Crippen LogP contribution in [0.3, 0.4) is 0 Å². The van der Waals surface area contributed by atoms with E-state index in [4.69, 9.17) is 15.2 Å². The van der Waals surface area contributed by atoms with Crippen LogP contribution in [0.5, 0.6) is 0 Å². The van der Waals surface area contributed by atoms with Gasteiger partial charge < -0.3 is 15.1 Å². The van der Waals surface area contributed by atoms with Gasteiger partial charge in [-0.3, -0.25) is 14.5 Å². The Morgan fingerprint density at radius 2 is 1.94 bits per heavy atom. The van der Waals surface area contributed by atoms with Gasteiger partial charge in [-0.1, -0.05) is 0 Å². The van der Waals surface area contributed by atoms with Crippen LogP contribution in [-0.4, -0.2) is 43.1 Å². The minimum absolute atomic E-state index is 0.297. The molecule has 5 aromatic rings. The van der Waals surface area contributed by atoms with Crippen molar-refractivity contribution in [1.29, 1.82) is 0 Å². The lowest BCUT2D eigenvalue weighted by Gasteiger charge is -2.36. The van der Waals surface area contributed by atoms with Crippen LogP contribution >= 0.6 is 11.3 Å². The Balaban J connectivity index is 1.27. The van der Waals surface area contributed by atoms with Gasteiger partial charge in [0.15, 0.2) is 11.4 Å². The number of nitrogens with two attached hydrogens (primary N) is 1. The number of pyridine rings is 2. The highest BCUT2D eigenvalue weighted by Gasteiger charge is 2.40. The number of amides is 1. The topological polar surface area (TPSA) is 103 Å². The fourth-order valence-corrected chi connectivity index (χ4v) is 6.64. The van der Waals surface area contributed by atoms with Crippen LogP contribution in [0.2, 0.25) is 0 Å². The van der Waals surface area contributed by atoms with Crippen LogP contribution < -0.4 is 5.73 Å². The van der Waals surface area contributed by atoms with E-state index in [9.17, 15) is 4.79 Å². The largest absolute Gasteiger partial charge is 0.452 e. The molecule has 2 saturated heterocycles. The number of rotatable bonds is 4. The van der Waals surface area contributed by atoms with Crippen molar-refractivity contribution in [2.24, 2.45) is 0 Å². The van der Waals surface area contributed by atoms with E-state index in [1.54, 1.807) is 23.7 Å². The number of thiophene rings is 1. The molecule has 1 amide bonds. The molecule has 34 heavy (non-hydrogen) atoms. The van der Waals surface area contributed by atoms with Crippen LogP contribution in [0, 0.1) is 0 Å². The Bertz CT molecular complexity index is 1540. The first-order valence-electron chi connectivity index (χ1n) is 11.5. The SMILES string of the molecule is Nc1ncc(-c2cnn(C3CC4CCC(C3)N4C=O)c2)c2cc(-c3csc4cnccc34)oc12. The maximum atomic E-state index is 11.4. The van der Waals surface area contributed by atoms with Crippen molar-refractivity contribution in [3.63, 3.8) is 0 Å². The second kappa shape index (κ2) is 7.39. The van der Waals surface area contributed by atoms with E-state index in [0.29, 0.717) is 29.5 Å². The molecule has 0 aromatic carbocycles. The third-order valence-corrected chi connectivity index (χ3v) is 8.34. The predicted molar refractivity (Wildman–Crippen MR) is 131 cm³/mol. The first-order valence-corrected chi connectivity index (χ1v) is 12.3. The normalized spacial score (nSPS) is 22.1. The molecule has 170 valence electrons. The molecule has 2 N–H and O–H groups in total. The lowest BCUT2D eigenvalue weighted by atomic mass is 9.98. The molecule has 2 unspecified atom stereocenters. The van der Waals surface area contributed by atoms with Crippen molar-refractivity contribution in [2.45, 2.75) is 43.8 Å². The second-order valence-corrected chi connectivity index (χ2v) is 10.1. The summed E-state index contributed by atoms with van der Waals surface area (Å²) in [4.78, 5) is 22.1. The highest BCUT2D eigenvalue weighted by atomic mass is 32.1.